The Morgan fingerprint density at radius 1 is 1.19 bits per heavy atom. The summed E-state index contributed by atoms with van der Waals surface area (Å²) in [5.41, 5.74) is 1.47. The summed E-state index contributed by atoms with van der Waals surface area (Å²) < 4.78 is 1.90. The Labute approximate surface area is 149 Å². The molecule has 0 aliphatic carbocycles. The maximum Gasteiger partial charge on any atom is 0.407 e. The molecular weight excluding hydrogens is 338 g/mol. The number of nitrogens with one attached hydrogen (secondary N) is 1. The summed E-state index contributed by atoms with van der Waals surface area (Å²) in [6, 6.07) is 5.34. The molecule has 1 aromatic heterocycles. The predicted molar refractivity (Wildman–Crippen MR) is 93.1 cm³/mol. The molecule has 2 aliphatic heterocycles. The molecule has 9 nitrogen and oxygen atoms in total. The first kappa shape index (κ1) is 16.4. The van der Waals surface area contributed by atoms with E-state index in [4.69, 9.17) is 5.11 Å². The van der Waals surface area contributed by atoms with E-state index in [1.807, 2.05) is 29.1 Å². The highest BCUT2D eigenvalue weighted by atomic mass is 16.4. The molecule has 3 heterocycles. The Hall–Kier alpha value is -3.10. The van der Waals surface area contributed by atoms with Gasteiger partial charge in [0, 0.05) is 43.3 Å². The SMILES string of the molecule is O=C1CCN(c2ccc3cn(C4CCN(C(=O)O)CC4)nc3c2)C(=O)N1. The second-order valence-corrected chi connectivity index (χ2v) is 6.61. The van der Waals surface area contributed by atoms with Crippen molar-refractivity contribution < 1.29 is 19.5 Å². The van der Waals surface area contributed by atoms with Crippen LogP contribution in [0.4, 0.5) is 15.3 Å². The van der Waals surface area contributed by atoms with Gasteiger partial charge in [0.05, 0.1) is 11.6 Å². The molecule has 2 saturated heterocycles. The number of aromatic nitrogens is 2. The largest absolute Gasteiger partial charge is 0.465 e. The molecule has 9 heteroatoms. The van der Waals surface area contributed by atoms with E-state index < -0.39 is 12.1 Å². The van der Waals surface area contributed by atoms with Crippen molar-refractivity contribution >= 4 is 34.6 Å². The van der Waals surface area contributed by atoms with Crippen LogP contribution in [-0.4, -0.2) is 57.5 Å². The number of anilines is 1. The number of carboxylic acid groups (broad SMARTS) is 1. The van der Waals surface area contributed by atoms with Crippen molar-refractivity contribution in [2.75, 3.05) is 24.5 Å². The predicted octanol–water partition coefficient (Wildman–Crippen LogP) is 1.80. The maximum absolute atomic E-state index is 12.0. The standard InChI is InChI=1S/C17H19N5O4/c23-15-5-8-21(16(24)18-15)13-2-1-11-10-22(19-14(11)9-13)12-3-6-20(7-4-12)17(25)26/h1-2,9-10,12H,3-8H2,(H,25,26)(H,18,23,24). The van der Waals surface area contributed by atoms with Gasteiger partial charge in [0.1, 0.15) is 0 Å². The Bertz CT molecular complexity index is 884. The number of hydrogen-bond donors (Lipinski definition) is 2. The first-order valence-electron chi connectivity index (χ1n) is 8.59. The average Bonchev–Trinajstić information content (AvgIpc) is 3.05. The van der Waals surface area contributed by atoms with E-state index in [9.17, 15) is 14.4 Å². The number of hydrogen-bond acceptors (Lipinski definition) is 4. The summed E-state index contributed by atoms with van der Waals surface area (Å²) in [6.45, 7) is 1.36. The van der Waals surface area contributed by atoms with Crippen LogP contribution in [0.3, 0.4) is 0 Å². The number of rotatable bonds is 2. The third kappa shape index (κ3) is 2.96. The highest BCUT2D eigenvalue weighted by molar-refractivity contribution is 6.06. The highest BCUT2D eigenvalue weighted by Crippen LogP contribution is 2.27. The van der Waals surface area contributed by atoms with Crippen molar-refractivity contribution in [3.05, 3.63) is 24.4 Å². The van der Waals surface area contributed by atoms with Crippen molar-refractivity contribution in [3.63, 3.8) is 0 Å². The summed E-state index contributed by atoms with van der Waals surface area (Å²) in [4.78, 5) is 37.3. The fraction of sp³-hybridized carbons (Fsp3) is 0.412. The molecule has 4 rings (SSSR count). The van der Waals surface area contributed by atoms with Crippen LogP contribution in [0, 0.1) is 0 Å². The van der Waals surface area contributed by atoms with E-state index in [-0.39, 0.29) is 18.4 Å². The number of carbonyl (C=O) groups is 3. The molecule has 0 saturated carbocycles. The van der Waals surface area contributed by atoms with Gasteiger partial charge in [-0.25, -0.2) is 9.59 Å². The third-order valence-electron chi connectivity index (χ3n) is 4.98. The van der Waals surface area contributed by atoms with E-state index in [1.54, 1.807) is 0 Å². The van der Waals surface area contributed by atoms with Gasteiger partial charge in [-0.05, 0) is 31.0 Å². The Morgan fingerprint density at radius 2 is 1.96 bits per heavy atom. The van der Waals surface area contributed by atoms with Crippen LogP contribution in [0.2, 0.25) is 0 Å². The minimum Gasteiger partial charge on any atom is -0.465 e. The lowest BCUT2D eigenvalue weighted by molar-refractivity contribution is -0.120. The average molecular weight is 357 g/mol. The van der Waals surface area contributed by atoms with Gasteiger partial charge < -0.3 is 10.0 Å². The summed E-state index contributed by atoms with van der Waals surface area (Å²) in [7, 11) is 0. The van der Waals surface area contributed by atoms with Crippen molar-refractivity contribution in [3.8, 4) is 0 Å². The first-order valence-corrected chi connectivity index (χ1v) is 8.59. The van der Waals surface area contributed by atoms with Crippen LogP contribution in [0.15, 0.2) is 24.4 Å². The molecule has 2 fully saturated rings. The van der Waals surface area contributed by atoms with E-state index in [0.29, 0.717) is 25.3 Å². The quantitative estimate of drug-likeness (QED) is 0.852. The van der Waals surface area contributed by atoms with Crippen molar-refractivity contribution in [1.82, 2.24) is 20.0 Å². The lowest BCUT2D eigenvalue weighted by atomic mass is 10.1. The molecular formula is C17H19N5O4. The smallest absolute Gasteiger partial charge is 0.407 e. The number of fused-ring (bicyclic) bond motifs is 1. The van der Waals surface area contributed by atoms with Gasteiger partial charge in [0.15, 0.2) is 0 Å². The van der Waals surface area contributed by atoms with Crippen LogP contribution in [-0.2, 0) is 4.79 Å². The highest BCUT2D eigenvalue weighted by Gasteiger charge is 2.26. The van der Waals surface area contributed by atoms with Gasteiger partial charge in [0.25, 0.3) is 0 Å². The topological polar surface area (TPSA) is 108 Å². The molecule has 1 aromatic carbocycles. The molecule has 2 aromatic rings. The van der Waals surface area contributed by atoms with E-state index in [0.717, 1.165) is 23.7 Å². The van der Waals surface area contributed by atoms with E-state index in [2.05, 4.69) is 10.4 Å². The Balaban J connectivity index is 1.54. The number of imide groups is 1. The van der Waals surface area contributed by atoms with Crippen molar-refractivity contribution in [1.29, 1.82) is 0 Å². The molecule has 0 unspecified atom stereocenters. The van der Waals surface area contributed by atoms with Crippen LogP contribution in [0.1, 0.15) is 25.3 Å². The zero-order chi connectivity index (χ0) is 18.3. The number of urea groups is 1. The van der Waals surface area contributed by atoms with Gasteiger partial charge in [-0.1, -0.05) is 0 Å². The molecule has 26 heavy (non-hydrogen) atoms. The molecule has 2 aliphatic rings. The molecule has 2 N–H and O–H groups in total. The van der Waals surface area contributed by atoms with E-state index >= 15 is 0 Å². The lowest BCUT2D eigenvalue weighted by Gasteiger charge is -2.29. The number of nitrogens with zero attached hydrogens (tertiary/aromatic N) is 4. The van der Waals surface area contributed by atoms with Gasteiger partial charge in [-0.2, -0.15) is 5.10 Å². The lowest BCUT2D eigenvalue weighted by Crippen LogP contribution is -2.49. The molecule has 0 atom stereocenters. The summed E-state index contributed by atoms with van der Waals surface area (Å²) in [5.74, 6) is -0.260. The van der Waals surface area contributed by atoms with E-state index in [1.165, 1.54) is 9.80 Å². The number of carbonyl (C=O) groups excluding carboxylic acids is 2. The summed E-state index contributed by atoms with van der Waals surface area (Å²) >= 11 is 0. The summed E-state index contributed by atoms with van der Waals surface area (Å²) in [6.07, 6.45) is 2.81. The zero-order valence-corrected chi connectivity index (χ0v) is 14.1. The van der Waals surface area contributed by atoms with Crippen LogP contribution in [0.25, 0.3) is 10.9 Å². The van der Waals surface area contributed by atoms with Gasteiger partial charge in [-0.15, -0.1) is 0 Å². The molecule has 136 valence electrons. The summed E-state index contributed by atoms with van der Waals surface area (Å²) in [5, 5.41) is 17.0. The fourth-order valence-electron chi connectivity index (χ4n) is 3.51. The minimum atomic E-state index is -0.878. The molecule has 4 amide bonds. The van der Waals surface area contributed by atoms with Crippen molar-refractivity contribution in [2.24, 2.45) is 0 Å². The first-order chi connectivity index (χ1) is 12.5. The minimum absolute atomic E-state index is 0.164. The molecule has 0 bridgehead atoms. The van der Waals surface area contributed by atoms with Gasteiger partial charge >= 0.3 is 12.1 Å². The second-order valence-electron chi connectivity index (χ2n) is 6.61. The number of piperidine rings is 1. The van der Waals surface area contributed by atoms with Crippen LogP contribution < -0.4 is 10.2 Å². The van der Waals surface area contributed by atoms with Crippen LogP contribution >= 0.6 is 0 Å². The number of benzene rings is 1. The third-order valence-corrected chi connectivity index (χ3v) is 4.98. The zero-order valence-electron chi connectivity index (χ0n) is 14.1. The monoisotopic (exact) mass is 357 g/mol. The van der Waals surface area contributed by atoms with Gasteiger partial charge in [0.2, 0.25) is 5.91 Å². The molecule has 0 radical (unpaired) electrons. The van der Waals surface area contributed by atoms with Gasteiger partial charge in [-0.3, -0.25) is 19.7 Å². The van der Waals surface area contributed by atoms with Crippen LogP contribution in [0.5, 0.6) is 0 Å². The maximum atomic E-state index is 12.0. The fourth-order valence-corrected chi connectivity index (χ4v) is 3.51. The second kappa shape index (κ2) is 6.32. The Morgan fingerprint density at radius 3 is 2.65 bits per heavy atom. The van der Waals surface area contributed by atoms with Crippen molar-refractivity contribution in [2.45, 2.75) is 25.3 Å². The molecule has 0 spiro atoms. The Kier molecular flexibility index (Phi) is 3.98. The number of amides is 4. The normalized spacial score (nSPS) is 19.1. The number of likely N-dealkylation sites (tertiary alicyclic amines) is 1.